The van der Waals surface area contributed by atoms with Gasteiger partial charge in [0.05, 0.1) is 0 Å². The van der Waals surface area contributed by atoms with E-state index in [1.54, 1.807) is 0 Å². The van der Waals surface area contributed by atoms with Crippen LogP contribution < -0.4 is 5.73 Å². The minimum absolute atomic E-state index is 0.0177. The predicted octanol–water partition coefficient (Wildman–Crippen LogP) is 0.750. The van der Waals surface area contributed by atoms with Crippen molar-refractivity contribution in [2.24, 2.45) is 5.73 Å². The summed E-state index contributed by atoms with van der Waals surface area (Å²) in [5.74, 6) is 0. The Labute approximate surface area is 88.2 Å². The molecular weight excluding hydrogens is 174 g/mol. The van der Waals surface area contributed by atoms with Gasteiger partial charge >= 0.3 is 0 Å². The number of hydrogen-bond donors (Lipinski definition) is 1. The summed E-state index contributed by atoms with van der Waals surface area (Å²) < 4.78 is 0. The van der Waals surface area contributed by atoms with Crippen LogP contribution in [0.1, 0.15) is 26.7 Å². The van der Waals surface area contributed by atoms with Gasteiger partial charge in [-0.2, -0.15) is 0 Å². The monoisotopic (exact) mass is 199 g/mol. The molecule has 0 bridgehead atoms. The fourth-order valence-electron chi connectivity index (χ4n) is 1.88. The van der Waals surface area contributed by atoms with Crippen molar-refractivity contribution in [2.75, 3.05) is 33.7 Å². The Morgan fingerprint density at radius 1 is 1.43 bits per heavy atom. The fraction of sp³-hybridized carbons (Fsp3) is 1.00. The third kappa shape index (κ3) is 3.95. The van der Waals surface area contributed by atoms with Gasteiger partial charge in [0.1, 0.15) is 0 Å². The SMILES string of the molecule is CN(C)C1CCN(CCC(C)(C)N)C1. The molecule has 1 atom stereocenters. The molecular formula is C11H25N3. The van der Waals surface area contributed by atoms with E-state index in [1.165, 1.54) is 19.5 Å². The van der Waals surface area contributed by atoms with Gasteiger partial charge in [-0.15, -0.1) is 0 Å². The standard InChI is InChI=1S/C11H25N3/c1-11(2,12)6-8-14-7-5-10(9-14)13(3)4/h10H,5-9,12H2,1-4H3. The van der Waals surface area contributed by atoms with E-state index in [0.29, 0.717) is 0 Å². The third-order valence-corrected chi connectivity index (χ3v) is 3.05. The summed E-state index contributed by atoms with van der Waals surface area (Å²) >= 11 is 0. The minimum Gasteiger partial charge on any atom is -0.326 e. The Bertz CT molecular complexity index is 172. The molecule has 0 aromatic rings. The first-order valence-corrected chi connectivity index (χ1v) is 5.56. The number of likely N-dealkylation sites (N-methyl/N-ethyl adjacent to an activating group) is 1. The quantitative estimate of drug-likeness (QED) is 0.725. The third-order valence-electron chi connectivity index (χ3n) is 3.05. The van der Waals surface area contributed by atoms with E-state index in [0.717, 1.165) is 19.0 Å². The summed E-state index contributed by atoms with van der Waals surface area (Å²) in [6.07, 6.45) is 2.39. The summed E-state index contributed by atoms with van der Waals surface area (Å²) in [6, 6.07) is 0.746. The molecule has 1 unspecified atom stereocenters. The van der Waals surface area contributed by atoms with Crippen molar-refractivity contribution in [1.29, 1.82) is 0 Å². The first-order valence-electron chi connectivity index (χ1n) is 5.56. The Balaban J connectivity index is 2.23. The second kappa shape index (κ2) is 4.60. The van der Waals surface area contributed by atoms with Crippen molar-refractivity contribution in [1.82, 2.24) is 9.80 Å². The summed E-state index contributed by atoms with van der Waals surface area (Å²) in [6.45, 7) is 7.80. The maximum absolute atomic E-state index is 5.97. The number of rotatable bonds is 4. The number of nitrogens with zero attached hydrogens (tertiary/aromatic N) is 2. The van der Waals surface area contributed by atoms with Gasteiger partial charge < -0.3 is 15.5 Å². The first-order chi connectivity index (χ1) is 6.38. The normalized spacial score (nSPS) is 24.9. The zero-order chi connectivity index (χ0) is 10.8. The molecule has 1 fully saturated rings. The molecule has 0 saturated carbocycles. The lowest BCUT2D eigenvalue weighted by molar-refractivity contribution is 0.254. The summed E-state index contributed by atoms with van der Waals surface area (Å²) in [7, 11) is 4.34. The molecule has 0 spiro atoms. The van der Waals surface area contributed by atoms with Crippen LogP contribution in [0.4, 0.5) is 0 Å². The van der Waals surface area contributed by atoms with E-state index < -0.39 is 0 Å². The van der Waals surface area contributed by atoms with Crippen LogP contribution in [0.3, 0.4) is 0 Å². The molecule has 0 aromatic carbocycles. The van der Waals surface area contributed by atoms with Crippen LogP contribution in [0.5, 0.6) is 0 Å². The second-order valence-corrected chi connectivity index (χ2v) is 5.45. The van der Waals surface area contributed by atoms with E-state index in [1.807, 2.05) is 0 Å². The van der Waals surface area contributed by atoms with Gasteiger partial charge in [-0.25, -0.2) is 0 Å². The molecule has 0 radical (unpaired) electrons. The van der Waals surface area contributed by atoms with Gasteiger partial charge in [0.15, 0.2) is 0 Å². The Morgan fingerprint density at radius 3 is 2.50 bits per heavy atom. The van der Waals surface area contributed by atoms with Crippen LogP contribution in [0.2, 0.25) is 0 Å². The van der Waals surface area contributed by atoms with Crippen LogP contribution in [-0.2, 0) is 0 Å². The van der Waals surface area contributed by atoms with Gasteiger partial charge in [0.25, 0.3) is 0 Å². The Morgan fingerprint density at radius 2 is 2.07 bits per heavy atom. The molecule has 3 nitrogen and oxygen atoms in total. The molecule has 1 aliphatic rings. The fourth-order valence-corrected chi connectivity index (χ4v) is 1.88. The predicted molar refractivity (Wildman–Crippen MR) is 61.4 cm³/mol. The number of hydrogen-bond acceptors (Lipinski definition) is 3. The largest absolute Gasteiger partial charge is 0.326 e. The van der Waals surface area contributed by atoms with Crippen LogP contribution in [0, 0.1) is 0 Å². The molecule has 3 heteroatoms. The highest BCUT2D eigenvalue weighted by molar-refractivity contribution is 4.82. The lowest BCUT2D eigenvalue weighted by Gasteiger charge is -2.24. The molecule has 1 aliphatic heterocycles. The van der Waals surface area contributed by atoms with Gasteiger partial charge in [-0.1, -0.05) is 0 Å². The lowest BCUT2D eigenvalue weighted by atomic mass is 10.0. The zero-order valence-corrected chi connectivity index (χ0v) is 10.1. The van der Waals surface area contributed by atoms with E-state index in [4.69, 9.17) is 5.73 Å². The average molecular weight is 199 g/mol. The summed E-state index contributed by atoms with van der Waals surface area (Å²) in [5, 5.41) is 0. The van der Waals surface area contributed by atoms with Crippen molar-refractivity contribution >= 4 is 0 Å². The van der Waals surface area contributed by atoms with Crippen LogP contribution in [0.15, 0.2) is 0 Å². The maximum Gasteiger partial charge on any atom is 0.0229 e. The highest BCUT2D eigenvalue weighted by atomic mass is 15.2. The topological polar surface area (TPSA) is 32.5 Å². The van der Waals surface area contributed by atoms with Crippen molar-refractivity contribution in [2.45, 2.75) is 38.3 Å². The lowest BCUT2D eigenvalue weighted by Crippen LogP contribution is -2.38. The van der Waals surface area contributed by atoms with Crippen molar-refractivity contribution < 1.29 is 0 Å². The van der Waals surface area contributed by atoms with E-state index in [-0.39, 0.29) is 5.54 Å². The summed E-state index contributed by atoms with van der Waals surface area (Å²) in [4.78, 5) is 4.85. The molecule has 0 aromatic heterocycles. The molecule has 1 rings (SSSR count). The van der Waals surface area contributed by atoms with Crippen LogP contribution in [-0.4, -0.2) is 55.1 Å². The molecule has 1 saturated heterocycles. The molecule has 1 heterocycles. The Kier molecular flexibility index (Phi) is 3.93. The average Bonchev–Trinajstić information content (AvgIpc) is 2.47. The van der Waals surface area contributed by atoms with Gasteiger partial charge in [0, 0.05) is 18.1 Å². The smallest absolute Gasteiger partial charge is 0.0229 e. The maximum atomic E-state index is 5.97. The van der Waals surface area contributed by atoms with Gasteiger partial charge in [-0.05, 0) is 53.9 Å². The van der Waals surface area contributed by atoms with Crippen molar-refractivity contribution in [3.63, 3.8) is 0 Å². The van der Waals surface area contributed by atoms with Gasteiger partial charge in [0.2, 0.25) is 0 Å². The molecule has 84 valence electrons. The molecule has 0 aliphatic carbocycles. The molecule has 14 heavy (non-hydrogen) atoms. The summed E-state index contributed by atoms with van der Waals surface area (Å²) in [5.41, 5.74) is 5.95. The van der Waals surface area contributed by atoms with Crippen LogP contribution in [0.25, 0.3) is 0 Å². The van der Waals surface area contributed by atoms with E-state index >= 15 is 0 Å². The second-order valence-electron chi connectivity index (χ2n) is 5.45. The molecule has 2 N–H and O–H groups in total. The zero-order valence-electron chi connectivity index (χ0n) is 10.1. The van der Waals surface area contributed by atoms with E-state index in [2.05, 4.69) is 37.7 Å². The number of nitrogens with two attached hydrogens (primary N) is 1. The van der Waals surface area contributed by atoms with E-state index in [9.17, 15) is 0 Å². The first kappa shape index (κ1) is 12.0. The Hall–Kier alpha value is -0.120. The number of likely N-dealkylation sites (tertiary alicyclic amines) is 1. The minimum atomic E-state index is -0.0177. The van der Waals surface area contributed by atoms with Gasteiger partial charge in [-0.3, -0.25) is 0 Å². The van der Waals surface area contributed by atoms with Crippen molar-refractivity contribution in [3.8, 4) is 0 Å². The van der Waals surface area contributed by atoms with Crippen LogP contribution >= 0.6 is 0 Å². The van der Waals surface area contributed by atoms with Crippen molar-refractivity contribution in [3.05, 3.63) is 0 Å². The highest BCUT2D eigenvalue weighted by Gasteiger charge is 2.24. The molecule has 0 amide bonds. The highest BCUT2D eigenvalue weighted by Crippen LogP contribution is 2.15.